The van der Waals surface area contributed by atoms with E-state index in [2.05, 4.69) is 10.3 Å². The van der Waals surface area contributed by atoms with Crippen molar-refractivity contribution in [3.05, 3.63) is 105 Å². The molecule has 0 fully saturated rings. The maximum atomic E-state index is 13.9. The van der Waals surface area contributed by atoms with E-state index in [4.69, 9.17) is 11.6 Å². The van der Waals surface area contributed by atoms with Gasteiger partial charge in [-0.1, -0.05) is 41.9 Å². The van der Waals surface area contributed by atoms with Crippen LogP contribution in [0.25, 0.3) is 16.6 Å². The first kappa shape index (κ1) is 19.2. The molecule has 0 aliphatic carbocycles. The molecule has 0 radical (unpaired) electrons. The second-order valence-electron chi connectivity index (χ2n) is 6.48. The van der Waals surface area contributed by atoms with Gasteiger partial charge in [0.15, 0.2) is 0 Å². The van der Waals surface area contributed by atoms with Gasteiger partial charge in [0.05, 0.1) is 28.2 Å². The van der Waals surface area contributed by atoms with E-state index in [1.54, 1.807) is 42.5 Å². The fraction of sp³-hybridized carbons (Fsp3) is 0.0909. The molecule has 0 amide bonds. The van der Waals surface area contributed by atoms with E-state index in [0.29, 0.717) is 27.6 Å². The molecule has 0 saturated heterocycles. The second-order valence-corrected chi connectivity index (χ2v) is 6.88. The Labute approximate surface area is 170 Å². The van der Waals surface area contributed by atoms with E-state index in [1.165, 1.54) is 22.8 Å². The van der Waals surface area contributed by atoms with Gasteiger partial charge in [0.25, 0.3) is 5.56 Å². The van der Waals surface area contributed by atoms with Crippen LogP contribution < -0.4 is 10.9 Å². The summed E-state index contributed by atoms with van der Waals surface area (Å²) >= 11 is 6.30. The largest absolute Gasteiger partial charge is 0.306 e. The molecule has 1 N–H and O–H groups in total. The average Bonchev–Trinajstić information content (AvgIpc) is 2.71. The van der Waals surface area contributed by atoms with Crippen LogP contribution in [0.5, 0.6) is 0 Å². The molecule has 0 aliphatic rings. The SMILES string of the molecule is O=c1c2cc(F)ccc2nc(CNCc2ccccc2F)n1-c1ccccc1Cl. The Bertz CT molecular complexity index is 1260. The third kappa shape index (κ3) is 3.90. The topological polar surface area (TPSA) is 46.9 Å². The maximum absolute atomic E-state index is 13.9. The minimum atomic E-state index is -0.521. The van der Waals surface area contributed by atoms with Crippen molar-refractivity contribution in [3.63, 3.8) is 0 Å². The van der Waals surface area contributed by atoms with Crippen molar-refractivity contribution in [1.29, 1.82) is 0 Å². The van der Waals surface area contributed by atoms with Crippen LogP contribution in [0.4, 0.5) is 8.78 Å². The Balaban J connectivity index is 1.78. The standard InChI is InChI=1S/C22H16ClF2N3O/c23-17-6-2-4-8-20(17)28-21(13-26-12-14-5-1-3-7-18(14)25)27-19-10-9-15(24)11-16(19)22(28)29/h1-11,26H,12-13H2. The number of hydrogen-bond acceptors (Lipinski definition) is 3. The van der Waals surface area contributed by atoms with Gasteiger partial charge in [0, 0.05) is 12.1 Å². The molecule has 0 bridgehead atoms. The summed E-state index contributed by atoms with van der Waals surface area (Å²) in [7, 11) is 0. The molecule has 146 valence electrons. The van der Waals surface area contributed by atoms with Crippen molar-refractivity contribution < 1.29 is 8.78 Å². The highest BCUT2D eigenvalue weighted by Crippen LogP contribution is 2.21. The van der Waals surface area contributed by atoms with E-state index in [0.717, 1.165) is 6.07 Å². The van der Waals surface area contributed by atoms with Crippen molar-refractivity contribution in [1.82, 2.24) is 14.9 Å². The van der Waals surface area contributed by atoms with Crippen LogP contribution in [0.2, 0.25) is 5.02 Å². The van der Waals surface area contributed by atoms with Gasteiger partial charge in [-0.3, -0.25) is 9.36 Å². The Kier molecular flexibility index (Phi) is 5.38. The lowest BCUT2D eigenvalue weighted by Gasteiger charge is -2.15. The highest BCUT2D eigenvalue weighted by molar-refractivity contribution is 6.32. The Morgan fingerprint density at radius 1 is 0.966 bits per heavy atom. The molecule has 4 aromatic rings. The lowest BCUT2D eigenvalue weighted by Crippen LogP contribution is -2.27. The molecular formula is C22H16ClF2N3O. The zero-order valence-corrected chi connectivity index (χ0v) is 16.0. The first-order valence-electron chi connectivity index (χ1n) is 8.95. The Hall–Kier alpha value is -3.09. The third-order valence-corrected chi connectivity index (χ3v) is 4.87. The average molecular weight is 412 g/mol. The van der Waals surface area contributed by atoms with Crippen molar-refractivity contribution in [2.24, 2.45) is 0 Å². The van der Waals surface area contributed by atoms with Gasteiger partial charge in [-0.15, -0.1) is 0 Å². The number of fused-ring (bicyclic) bond motifs is 1. The molecule has 0 aliphatic heterocycles. The van der Waals surface area contributed by atoms with E-state index in [9.17, 15) is 13.6 Å². The molecular weight excluding hydrogens is 396 g/mol. The number of rotatable bonds is 5. The monoisotopic (exact) mass is 411 g/mol. The van der Waals surface area contributed by atoms with Gasteiger partial charge in [-0.25, -0.2) is 13.8 Å². The van der Waals surface area contributed by atoms with Gasteiger partial charge in [0.2, 0.25) is 0 Å². The summed E-state index contributed by atoms with van der Waals surface area (Å²) in [6.07, 6.45) is 0. The molecule has 0 spiro atoms. The van der Waals surface area contributed by atoms with Crippen LogP contribution in [0, 0.1) is 11.6 Å². The second kappa shape index (κ2) is 8.11. The molecule has 7 heteroatoms. The zero-order valence-electron chi connectivity index (χ0n) is 15.2. The first-order valence-corrected chi connectivity index (χ1v) is 9.32. The molecule has 0 atom stereocenters. The minimum Gasteiger partial charge on any atom is -0.306 e. The van der Waals surface area contributed by atoms with E-state index >= 15 is 0 Å². The lowest BCUT2D eigenvalue weighted by molar-refractivity contribution is 0.579. The fourth-order valence-electron chi connectivity index (χ4n) is 3.15. The summed E-state index contributed by atoms with van der Waals surface area (Å²) in [6, 6.07) is 17.2. The van der Waals surface area contributed by atoms with Crippen molar-refractivity contribution >= 4 is 22.5 Å². The number of benzene rings is 3. The van der Waals surface area contributed by atoms with E-state index in [-0.39, 0.29) is 24.3 Å². The number of nitrogens with zero attached hydrogens (tertiary/aromatic N) is 2. The molecule has 3 aromatic carbocycles. The summed E-state index contributed by atoms with van der Waals surface area (Å²) in [6.45, 7) is 0.439. The summed E-state index contributed by atoms with van der Waals surface area (Å²) in [4.78, 5) is 17.7. The molecule has 1 aromatic heterocycles. The summed E-state index contributed by atoms with van der Waals surface area (Å²) < 4.78 is 28.9. The van der Waals surface area contributed by atoms with E-state index < -0.39 is 11.4 Å². The van der Waals surface area contributed by atoms with Crippen LogP contribution in [-0.4, -0.2) is 9.55 Å². The number of halogens is 3. The molecule has 1 heterocycles. The van der Waals surface area contributed by atoms with Crippen molar-refractivity contribution in [2.75, 3.05) is 0 Å². The summed E-state index contributed by atoms with van der Waals surface area (Å²) in [5.41, 5.74) is 0.898. The quantitative estimate of drug-likeness (QED) is 0.522. The molecule has 0 saturated carbocycles. The number of nitrogens with one attached hydrogen (secondary N) is 1. The first-order chi connectivity index (χ1) is 14.0. The third-order valence-electron chi connectivity index (χ3n) is 4.55. The Morgan fingerprint density at radius 2 is 1.72 bits per heavy atom. The molecule has 4 nitrogen and oxygen atoms in total. The van der Waals surface area contributed by atoms with Crippen molar-refractivity contribution in [3.8, 4) is 5.69 Å². The number of hydrogen-bond donors (Lipinski definition) is 1. The number of aromatic nitrogens is 2. The summed E-state index contributed by atoms with van der Waals surface area (Å²) in [5.74, 6) is -0.448. The number of para-hydroxylation sites is 1. The smallest absolute Gasteiger partial charge is 0.266 e. The van der Waals surface area contributed by atoms with Gasteiger partial charge in [-0.05, 0) is 36.4 Å². The van der Waals surface area contributed by atoms with Gasteiger partial charge < -0.3 is 5.32 Å². The molecule has 4 rings (SSSR count). The van der Waals surface area contributed by atoms with Crippen LogP contribution in [0.1, 0.15) is 11.4 Å². The summed E-state index contributed by atoms with van der Waals surface area (Å²) in [5, 5.41) is 3.63. The minimum absolute atomic E-state index is 0.155. The van der Waals surface area contributed by atoms with Gasteiger partial charge >= 0.3 is 0 Å². The maximum Gasteiger partial charge on any atom is 0.266 e. The normalized spacial score (nSPS) is 11.1. The zero-order chi connectivity index (χ0) is 20.4. The van der Waals surface area contributed by atoms with Crippen LogP contribution in [0.15, 0.2) is 71.5 Å². The van der Waals surface area contributed by atoms with Gasteiger partial charge in [0.1, 0.15) is 17.5 Å². The predicted octanol–water partition coefficient (Wildman–Crippen LogP) is 4.61. The fourth-order valence-corrected chi connectivity index (χ4v) is 3.37. The molecule has 29 heavy (non-hydrogen) atoms. The Morgan fingerprint density at radius 3 is 2.52 bits per heavy atom. The van der Waals surface area contributed by atoms with Crippen LogP contribution in [-0.2, 0) is 13.1 Å². The van der Waals surface area contributed by atoms with E-state index in [1.807, 2.05) is 0 Å². The lowest BCUT2D eigenvalue weighted by atomic mass is 10.2. The molecule has 0 unspecified atom stereocenters. The van der Waals surface area contributed by atoms with Crippen LogP contribution in [0.3, 0.4) is 0 Å². The van der Waals surface area contributed by atoms with Crippen LogP contribution >= 0.6 is 11.6 Å². The highest BCUT2D eigenvalue weighted by Gasteiger charge is 2.15. The highest BCUT2D eigenvalue weighted by atomic mass is 35.5. The van der Waals surface area contributed by atoms with Crippen molar-refractivity contribution in [2.45, 2.75) is 13.1 Å². The van der Waals surface area contributed by atoms with Gasteiger partial charge in [-0.2, -0.15) is 0 Å². The predicted molar refractivity (Wildman–Crippen MR) is 109 cm³/mol.